The number of nitrogens with one attached hydrogen (secondary N) is 1. The summed E-state index contributed by atoms with van der Waals surface area (Å²) in [5, 5.41) is 18.2. The summed E-state index contributed by atoms with van der Waals surface area (Å²) >= 11 is 0. The van der Waals surface area contributed by atoms with E-state index in [0.29, 0.717) is 0 Å². The van der Waals surface area contributed by atoms with Crippen molar-refractivity contribution >= 4 is 21.5 Å². The van der Waals surface area contributed by atoms with E-state index >= 15 is 0 Å². The molecule has 0 radical (unpaired) electrons. The first-order valence-corrected chi connectivity index (χ1v) is 10.9. The van der Waals surface area contributed by atoms with Crippen molar-refractivity contribution in [2.75, 3.05) is 0 Å². The molecular weight excluding hydrogens is 340 g/mol. The van der Waals surface area contributed by atoms with E-state index in [9.17, 15) is 5.26 Å². The molecule has 0 aromatic heterocycles. The Morgan fingerprint density at radius 2 is 1.39 bits per heavy atom. The van der Waals surface area contributed by atoms with Gasteiger partial charge < -0.3 is 0 Å². The minimum absolute atomic E-state index is 0.0756. The second-order valence-corrected chi connectivity index (χ2v) is 7.77. The summed E-state index contributed by atoms with van der Waals surface area (Å²) in [6.45, 7) is 2.99. The van der Waals surface area contributed by atoms with Gasteiger partial charge in [-0.3, -0.25) is 5.32 Å². The van der Waals surface area contributed by atoms with E-state index in [4.69, 9.17) is 0 Å². The van der Waals surface area contributed by atoms with Gasteiger partial charge in [0.2, 0.25) is 0 Å². The van der Waals surface area contributed by atoms with E-state index in [1.54, 1.807) is 0 Å². The molecule has 0 spiro atoms. The highest BCUT2D eigenvalue weighted by Gasteiger charge is 2.11. The Morgan fingerprint density at radius 1 is 0.821 bits per heavy atom. The van der Waals surface area contributed by atoms with Crippen molar-refractivity contribution in [1.82, 2.24) is 5.32 Å². The molecule has 0 fully saturated rings. The topological polar surface area (TPSA) is 35.8 Å². The van der Waals surface area contributed by atoms with Crippen molar-refractivity contribution in [3.05, 3.63) is 60.2 Å². The number of benzene rings is 3. The van der Waals surface area contributed by atoms with Gasteiger partial charge in [-0.1, -0.05) is 100 Å². The third-order valence-corrected chi connectivity index (χ3v) is 5.66. The molecule has 3 aromatic carbocycles. The normalized spacial score (nSPS) is 12.3. The Labute approximate surface area is 169 Å². The number of rotatable bonds is 11. The van der Waals surface area contributed by atoms with Crippen LogP contribution < -0.4 is 5.32 Å². The zero-order valence-corrected chi connectivity index (χ0v) is 17.1. The van der Waals surface area contributed by atoms with Crippen LogP contribution in [0, 0.1) is 11.3 Å². The Kier molecular flexibility index (Phi) is 7.88. The van der Waals surface area contributed by atoms with Gasteiger partial charge in [-0.25, -0.2) is 0 Å². The van der Waals surface area contributed by atoms with Gasteiger partial charge in [0.1, 0.15) is 0 Å². The van der Waals surface area contributed by atoms with E-state index in [1.807, 2.05) is 0 Å². The molecule has 0 bridgehead atoms. The maximum Gasteiger partial charge on any atom is 0.0955 e. The summed E-state index contributed by atoms with van der Waals surface area (Å²) in [6, 6.07) is 21.8. The first-order chi connectivity index (χ1) is 13.8. The molecule has 3 aromatic rings. The van der Waals surface area contributed by atoms with Crippen molar-refractivity contribution in [3.63, 3.8) is 0 Å². The van der Waals surface area contributed by atoms with Crippen molar-refractivity contribution in [1.29, 1.82) is 5.26 Å². The molecule has 0 aliphatic rings. The molecule has 0 aliphatic heterocycles. The summed E-state index contributed by atoms with van der Waals surface area (Å²) in [5.41, 5.74) is 1.30. The van der Waals surface area contributed by atoms with Gasteiger partial charge in [0.05, 0.1) is 12.1 Å². The van der Waals surface area contributed by atoms with Crippen LogP contribution in [0.25, 0.3) is 21.5 Å². The number of hydrogen-bond donors (Lipinski definition) is 1. The minimum Gasteiger partial charge on any atom is -0.298 e. The van der Waals surface area contributed by atoms with Crippen LogP contribution in [0.1, 0.15) is 63.9 Å². The SMILES string of the molecule is CCCCCCCCC[C@H](C#N)NCc1c2ccccc2cc2ccccc12. The standard InChI is InChI=1S/C26H32N2/c1-2-3-4-5-6-7-8-15-23(19-27)28-20-26-24-16-11-9-13-21(24)18-22-14-10-12-17-25(22)26/h9-14,16-18,23,28H,2-8,15,20H2,1H3/t23-/m1/s1. The van der Waals surface area contributed by atoms with E-state index in [2.05, 4.69) is 72.9 Å². The van der Waals surface area contributed by atoms with Crippen LogP contribution in [-0.4, -0.2) is 6.04 Å². The third kappa shape index (κ3) is 5.33. The molecule has 0 saturated heterocycles. The Morgan fingerprint density at radius 3 is 2.00 bits per heavy atom. The molecule has 1 N–H and O–H groups in total. The summed E-state index contributed by atoms with van der Waals surface area (Å²) in [4.78, 5) is 0. The second-order valence-electron chi connectivity index (χ2n) is 7.77. The maximum atomic E-state index is 9.59. The van der Waals surface area contributed by atoms with Crippen LogP contribution in [0.4, 0.5) is 0 Å². The summed E-state index contributed by atoms with van der Waals surface area (Å²) in [7, 11) is 0. The highest BCUT2D eigenvalue weighted by molar-refractivity contribution is 6.02. The molecule has 0 saturated carbocycles. The molecule has 0 amide bonds. The van der Waals surface area contributed by atoms with Crippen LogP contribution in [-0.2, 0) is 6.54 Å². The van der Waals surface area contributed by atoms with E-state index in [1.165, 1.54) is 65.6 Å². The molecular formula is C26H32N2. The van der Waals surface area contributed by atoms with Gasteiger partial charge >= 0.3 is 0 Å². The lowest BCUT2D eigenvalue weighted by atomic mass is 9.96. The number of nitrogens with zero attached hydrogens (tertiary/aromatic N) is 1. The summed E-state index contributed by atoms with van der Waals surface area (Å²) in [6.07, 6.45) is 9.93. The summed E-state index contributed by atoms with van der Waals surface area (Å²) < 4.78 is 0. The van der Waals surface area contributed by atoms with Crippen molar-refractivity contribution in [2.24, 2.45) is 0 Å². The Balaban J connectivity index is 1.62. The molecule has 28 heavy (non-hydrogen) atoms. The first kappa shape index (κ1) is 20.4. The molecule has 2 heteroatoms. The lowest BCUT2D eigenvalue weighted by molar-refractivity contribution is 0.513. The number of nitriles is 1. The highest BCUT2D eigenvalue weighted by Crippen LogP contribution is 2.28. The lowest BCUT2D eigenvalue weighted by Crippen LogP contribution is -2.27. The molecule has 0 heterocycles. The Hall–Kier alpha value is -2.37. The Bertz CT molecular complexity index is 869. The van der Waals surface area contributed by atoms with Crippen molar-refractivity contribution in [2.45, 2.75) is 70.9 Å². The average molecular weight is 373 g/mol. The molecule has 0 unspecified atom stereocenters. The maximum absolute atomic E-state index is 9.59. The molecule has 1 atom stereocenters. The zero-order valence-electron chi connectivity index (χ0n) is 17.1. The number of hydrogen-bond acceptors (Lipinski definition) is 2. The largest absolute Gasteiger partial charge is 0.298 e. The van der Waals surface area contributed by atoms with Gasteiger partial charge in [0.25, 0.3) is 0 Å². The van der Waals surface area contributed by atoms with Gasteiger partial charge in [0, 0.05) is 6.54 Å². The fraction of sp³-hybridized carbons (Fsp3) is 0.423. The van der Waals surface area contributed by atoms with Crippen molar-refractivity contribution in [3.8, 4) is 6.07 Å². The van der Waals surface area contributed by atoms with Gasteiger partial charge in [0.15, 0.2) is 0 Å². The highest BCUT2D eigenvalue weighted by atomic mass is 14.9. The summed E-state index contributed by atoms with van der Waals surface area (Å²) in [5.74, 6) is 0. The van der Waals surface area contributed by atoms with Gasteiger partial charge in [-0.05, 0) is 39.6 Å². The first-order valence-electron chi connectivity index (χ1n) is 10.9. The van der Waals surface area contributed by atoms with E-state index < -0.39 is 0 Å². The lowest BCUT2D eigenvalue weighted by Gasteiger charge is -2.15. The molecule has 2 nitrogen and oxygen atoms in total. The monoisotopic (exact) mass is 372 g/mol. The molecule has 0 aliphatic carbocycles. The van der Waals surface area contributed by atoms with Crippen molar-refractivity contribution < 1.29 is 0 Å². The van der Waals surface area contributed by atoms with Crippen LogP contribution in [0.3, 0.4) is 0 Å². The predicted octanol–water partition coefficient (Wildman–Crippen LogP) is 7.12. The number of unbranched alkanes of at least 4 members (excludes halogenated alkanes) is 6. The fourth-order valence-corrected chi connectivity index (χ4v) is 4.04. The quantitative estimate of drug-likeness (QED) is 0.287. The average Bonchev–Trinajstić information content (AvgIpc) is 2.74. The molecule has 3 rings (SSSR count). The number of fused-ring (bicyclic) bond motifs is 2. The third-order valence-electron chi connectivity index (χ3n) is 5.66. The molecule has 146 valence electrons. The van der Waals surface area contributed by atoms with E-state index in [-0.39, 0.29) is 6.04 Å². The van der Waals surface area contributed by atoms with Crippen LogP contribution in [0.2, 0.25) is 0 Å². The second kappa shape index (κ2) is 10.8. The van der Waals surface area contributed by atoms with Gasteiger partial charge in [-0.2, -0.15) is 5.26 Å². The predicted molar refractivity (Wildman–Crippen MR) is 120 cm³/mol. The smallest absolute Gasteiger partial charge is 0.0955 e. The van der Waals surface area contributed by atoms with E-state index in [0.717, 1.165) is 19.4 Å². The van der Waals surface area contributed by atoms with Crippen LogP contribution >= 0.6 is 0 Å². The van der Waals surface area contributed by atoms with Crippen LogP contribution in [0.5, 0.6) is 0 Å². The van der Waals surface area contributed by atoms with Gasteiger partial charge in [-0.15, -0.1) is 0 Å². The minimum atomic E-state index is -0.0756. The zero-order chi connectivity index (χ0) is 19.6. The fourth-order valence-electron chi connectivity index (χ4n) is 4.04. The van der Waals surface area contributed by atoms with Crippen LogP contribution in [0.15, 0.2) is 54.6 Å².